The van der Waals surface area contributed by atoms with E-state index in [1.54, 1.807) is 28.8 Å². The van der Waals surface area contributed by atoms with Crippen molar-refractivity contribution in [1.29, 1.82) is 0 Å². The molecule has 0 saturated heterocycles. The first kappa shape index (κ1) is 21.4. The second-order valence-electron chi connectivity index (χ2n) is 7.79. The van der Waals surface area contributed by atoms with Gasteiger partial charge in [0.25, 0.3) is 5.56 Å². The van der Waals surface area contributed by atoms with Gasteiger partial charge in [-0.3, -0.25) is 19.0 Å². The predicted octanol–water partition coefficient (Wildman–Crippen LogP) is 4.15. The van der Waals surface area contributed by atoms with Crippen LogP contribution in [-0.2, 0) is 4.79 Å². The molecule has 1 saturated carbocycles. The highest BCUT2D eigenvalue weighted by atomic mass is 32.2. The Bertz CT molecular complexity index is 1410. The van der Waals surface area contributed by atoms with Crippen molar-refractivity contribution >= 4 is 50.8 Å². The summed E-state index contributed by atoms with van der Waals surface area (Å²) in [5.74, 6) is -0.251. The lowest BCUT2D eigenvalue weighted by Gasteiger charge is -2.12. The van der Waals surface area contributed by atoms with Crippen molar-refractivity contribution in [3.8, 4) is 5.69 Å². The zero-order valence-corrected chi connectivity index (χ0v) is 19.1. The fourth-order valence-electron chi connectivity index (χ4n) is 3.63. The molecule has 0 spiro atoms. The molecule has 2 heterocycles. The van der Waals surface area contributed by atoms with E-state index >= 15 is 0 Å². The number of hydrogen-bond donors (Lipinski definition) is 2. The van der Waals surface area contributed by atoms with E-state index in [9.17, 15) is 14.4 Å². The number of nitrogens with zero attached hydrogens (tertiary/aromatic N) is 2. The number of carbonyl (C=O) groups excluding carboxylic acids is 2. The molecule has 1 aliphatic carbocycles. The molecule has 2 aromatic carbocycles. The SMILES string of the molecule is NC(=O)c1ccc(NC(=O)CSc2nc3scc(C4CC4)c3c(=O)n2-c2ccccc2)cc1. The van der Waals surface area contributed by atoms with Crippen molar-refractivity contribution in [2.75, 3.05) is 11.1 Å². The normalized spacial score (nSPS) is 13.2. The zero-order chi connectivity index (χ0) is 22.9. The van der Waals surface area contributed by atoms with Crippen LogP contribution in [0.25, 0.3) is 15.9 Å². The van der Waals surface area contributed by atoms with E-state index in [0.29, 0.717) is 32.5 Å². The van der Waals surface area contributed by atoms with Crippen LogP contribution in [0.15, 0.2) is 69.9 Å². The molecule has 3 N–H and O–H groups in total. The van der Waals surface area contributed by atoms with E-state index in [2.05, 4.69) is 5.32 Å². The fraction of sp³-hybridized carbons (Fsp3) is 0.167. The highest BCUT2D eigenvalue weighted by Crippen LogP contribution is 2.44. The summed E-state index contributed by atoms with van der Waals surface area (Å²) in [5, 5.41) is 6.00. The summed E-state index contributed by atoms with van der Waals surface area (Å²) in [4.78, 5) is 42.8. The van der Waals surface area contributed by atoms with Crippen molar-refractivity contribution in [2.24, 2.45) is 5.73 Å². The number of para-hydroxylation sites is 1. The van der Waals surface area contributed by atoms with Gasteiger partial charge in [0.05, 0.1) is 16.8 Å². The lowest BCUT2D eigenvalue weighted by Crippen LogP contribution is -2.23. The molecule has 0 aliphatic heterocycles. The summed E-state index contributed by atoms with van der Waals surface area (Å²) >= 11 is 2.69. The lowest BCUT2D eigenvalue weighted by atomic mass is 10.1. The van der Waals surface area contributed by atoms with Gasteiger partial charge >= 0.3 is 0 Å². The molecule has 2 aromatic heterocycles. The first-order chi connectivity index (χ1) is 16.0. The van der Waals surface area contributed by atoms with Gasteiger partial charge in [0.15, 0.2) is 5.16 Å². The van der Waals surface area contributed by atoms with Crippen LogP contribution in [-0.4, -0.2) is 27.1 Å². The van der Waals surface area contributed by atoms with Gasteiger partial charge in [-0.15, -0.1) is 11.3 Å². The van der Waals surface area contributed by atoms with Crippen molar-refractivity contribution in [1.82, 2.24) is 9.55 Å². The number of hydrogen-bond acceptors (Lipinski definition) is 6. The maximum Gasteiger partial charge on any atom is 0.267 e. The Labute approximate surface area is 197 Å². The number of aromatic nitrogens is 2. The minimum Gasteiger partial charge on any atom is -0.366 e. The Hall–Kier alpha value is -3.43. The minimum absolute atomic E-state index is 0.0726. The number of rotatable bonds is 7. The monoisotopic (exact) mass is 476 g/mol. The average molecular weight is 477 g/mol. The second kappa shape index (κ2) is 8.84. The summed E-state index contributed by atoms with van der Waals surface area (Å²) in [6.45, 7) is 0. The molecule has 5 rings (SSSR count). The van der Waals surface area contributed by atoms with Crippen LogP contribution >= 0.6 is 23.1 Å². The molecule has 2 amide bonds. The van der Waals surface area contributed by atoms with Crippen molar-refractivity contribution in [3.63, 3.8) is 0 Å². The first-order valence-corrected chi connectivity index (χ1v) is 12.3. The Morgan fingerprint density at radius 1 is 1.12 bits per heavy atom. The van der Waals surface area contributed by atoms with Gasteiger partial charge in [-0.25, -0.2) is 4.98 Å². The van der Waals surface area contributed by atoms with Crippen LogP contribution in [0.2, 0.25) is 0 Å². The van der Waals surface area contributed by atoms with E-state index in [0.717, 1.165) is 24.1 Å². The number of nitrogens with one attached hydrogen (secondary N) is 1. The molecule has 0 bridgehead atoms. The Kier molecular flexibility index (Phi) is 5.74. The topological polar surface area (TPSA) is 107 Å². The third kappa shape index (κ3) is 4.42. The number of primary amides is 1. The third-order valence-corrected chi connectivity index (χ3v) is 7.25. The van der Waals surface area contributed by atoms with E-state index in [-0.39, 0.29) is 17.2 Å². The molecule has 0 unspecified atom stereocenters. The molecule has 9 heteroatoms. The molecule has 4 aromatic rings. The number of nitrogens with two attached hydrogens (primary N) is 1. The maximum atomic E-state index is 13.6. The second-order valence-corrected chi connectivity index (χ2v) is 9.60. The number of thioether (sulfide) groups is 1. The van der Waals surface area contributed by atoms with E-state index < -0.39 is 5.91 Å². The molecular formula is C24H20N4O3S2. The molecule has 0 atom stereocenters. The highest BCUT2D eigenvalue weighted by Gasteiger charge is 2.29. The summed E-state index contributed by atoms with van der Waals surface area (Å²) in [5.41, 5.74) is 7.88. The summed E-state index contributed by atoms with van der Waals surface area (Å²) in [6, 6.07) is 15.7. The Morgan fingerprint density at radius 2 is 1.85 bits per heavy atom. The number of fused-ring (bicyclic) bond motifs is 1. The average Bonchev–Trinajstić information content (AvgIpc) is 3.57. The molecule has 33 heavy (non-hydrogen) atoms. The third-order valence-electron chi connectivity index (χ3n) is 5.42. The van der Waals surface area contributed by atoms with Crippen molar-refractivity contribution < 1.29 is 9.59 Å². The largest absolute Gasteiger partial charge is 0.366 e. The van der Waals surface area contributed by atoms with Gasteiger partial charge in [0.1, 0.15) is 4.83 Å². The van der Waals surface area contributed by atoms with E-state index in [1.807, 2.05) is 35.7 Å². The quantitative estimate of drug-likeness (QED) is 0.308. The van der Waals surface area contributed by atoms with Gasteiger partial charge in [-0.1, -0.05) is 30.0 Å². The number of benzene rings is 2. The summed E-state index contributed by atoms with van der Waals surface area (Å²) < 4.78 is 1.60. The Balaban J connectivity index is 1.43. The lowest BCUT2D eigenvalue weighted by molar-refractivity contribution is -0.113. The van der Waals surface area contributed by atoms with Crippen LogP contribution in [0.5, 0.6) is 0 Å². The maximum absolute atomic E-state index is 13.6. The zero-order valence-electron chi connectivity index (χ0n) is 17.5. The van der Waals surface area contributed by atoms with E-state index in [4.69, 9.17) is 10.7 Å². The van der Waals surface area contributed by atoms with Crippen molar-refractivity contribution in [3.05, 3.63) is 81.5 Å². The smallest absolute Gasteiger partial charge is 0.267 e. The molecule has 166 valence electrons. The summed E-state index contributed by atoms with van der Waals surface area (Å²) in [7, 11) is 0. The molecule has 7 nitrogen and oxygen atoms in total. The van der Waals surface area contributed by atoms with Gasteiger partial charge in [-0.05, 0) is 66.1 Å². The van der Waals surface area contributed by atoms with Crippen molar-refractivity contribution in [2.45, 2.75) is 23.9 Å². The Morgan fingerprint density at radius 3 is 2.52 bits per heavy atom. The van der Waals surface area contributed by atoms with Gasteiger partial charge in [-0.2, -0.15) is 0 Å². The van der Waals surface area contributed by atoms with Gasteiger partial charge in [0.2, 0.25) is 11.8 Å². The van der Waals surface area contributed by atoms with Crippen LogP contribution in [0.3, 0.4) is 0 Å². The van der Waals surface area contributed by atoms with Gasteiger partial charge in [0, 0.05) is 11.3 Å². The molecule has 1 fully saturated rings. The van der Waals surface area contributed by atoms with Crippen LogP contribution in [0, 0.1) is 0 Å². The summed E-state index contributed by atoms with van der Waals surface area (Å²) in [6.07, 6.45) is 2.21. The predicted molar refractivity (Wildman–Crippen MR) is 132 cm³/mol. The van der Waals surface area contributed by atoms with Gasteiger partial charge < -0.3 is 11.1 Å². The first-order valence-electron chi connectivity index (χ1n) is 10.4. The van der Waals surface area contributed by atoms with Crippen LogP contribution < -0.4 is 16.6 Å². The minimum atomic E-state index is -0.526. The molecule has 0 radical (unpaired) electrons. The van der Waals surface area contributed by atoms with Crippen LogP contribution in [0.4, 0.5) is 5.69 Å². The molecule has 1 aliphatic rings. The van der Waals surface area contributed by atoms with E-state index in [1.165, 1.54) is 23.1 Å². The number of carbonyl (C=O) groups is 2. The standard InChI is InChI=1S/C24H20N4O3S2/c25-21(30)15-8-10-16(11-9-15)26-19(29)13-33-24-27-22-20(18(12-32-22)14-6-7-14)23(31)28(24)17-4-2-1-3-5-17/h1-5,8-12,14H,6-7,13H2,(H2,25,30)(H,26,29). The fourth-order valence-corrected chi connectivity index (χ4v) is 5.51. The highest BCUT2D eigenvalue weighted by molar-refractivity contribution is 7.99. The number of anilines is 1. The molecular weight excluding hydrogens is 456 g/mol. The number of amides is 2. The van der Waals surface area contributed by atoms with Crippen LogP contribution in [0.1, 0.15) is 34.7 Å². The number of thiophene rings is 1.